The lowest BCUT2D eigenvalue weighted by atomic mass is 10.1. The monoisotopic (exact) mass is 399 g/mol. The molecule has 2 rings (SSSR count). The van der Waals surface area contributed by atoms with E-state index in [0.29, 0.717) is 17.1 Å². The van der Waals surface area contributed by atoms with Crippen LogP contribution in [0.1, 0.15) is 26.3 Å². The molecule has 1 N–H and O–H groups in total. The molecule has 0 atom stereocenters. The first-order valence-electron chi connectivity index (χ1n) is 8.45. The lowest BCUT2D eigenvalue weighted by molar-refractivity contribution is -0.111. The number of hydrogen-bond donors (Lipinski definition) is 1. The molecule has 0 fully saturated rings. The molecule has 1 amide bonds. The summed E-state index contributed by atoms with van der Waals surface area (Å²) in [6.45, 7) is 0. The average Bonchev–Trinajstić information content (AvgIpc) is 2.76. The van der Waals surface area contributed by atoms with Crippen LogP contribution in [0.25, 0.3) is 6.08 Å². The SMILES string of the molecule is COC(=O)c1ccc(C(=O)OC)c(NC(=O)/C=C/c2ccc(OC)c(OC)c2)c1. The molecule has 0 heterocycles. The molecule has 2 aromatic rings. The molecule has 0 aliphatic heterocycles. The summed E-state index contributed by atoms with van der Waals surface area (Å²) < 4.78 is 19.8. The number of nitrogens with one attached hydrogen (secondary N) is 1. The van der Waals surface area contributed by atoms with Crippen molar-refractivity contribution in [1.82, 2.24) is 0 Å². The number of anilines is 1. The molecule has 0 unspecified atom stereocenters. The molecule has 0 spiro atoms. The normalized spacial score (nSPS) is 10.3. The number of rotatable bonds is 7. The topological polar surface area (TPSA) is 100 Å². The number of amides is 1. The fourth-order valence-electron chi connectivity index (χ4n) is 2.48. The van der Waals surface area contributed by atoms with Crippen molar-refractivity contribution in [1.29, 1.82) is 0 Å². The molecule has 0 radical (unpaired) electrons. The van der Waals surface area contributed by atoms with E-state index in [9.17, 15) is 14.4 Å². The number of carbonyl (C=O) groups is 3. The van der Waals surface area contributed by atoms with Gasteiger partial charge >= 0.3 is 11.9 Å². The Morgan fingerprint density at radius 1 is 0.828 bits per heavy atom. The maximum Gasteiger partial charge on any atom is 0.339 e. The molecular formula is C21H21NO7. The van der Waals surface area contributed by atoms with Crippen molar-refractivity contribution in [2.45, 2.75) is 0 Å². The van der Waals surface area contributed by atoms with Crippen molar-refractivity contribution in [2.75, 3.05) is 33.8 Å². The summed E-state index contributed by atoms with van der Waals surface area (Å²) >= 11 is 0. The smallest absolute Gasteiger partial charge is 0.339 e. The minimum Gasteiger partial charge on any atom is -0.493 e. The van der Waals surface area contributed by atoms with E-state index in [-0.39, 0.29) is 16.8 Å². The lowest BCUT2D eigenvalue weighted by Gasteiger charge is -2.10. The van der Waals surface area contributed by atoms with E-state index in [1.807, 2.05) is 0 Å². The standard InChI is InChI=1S/C21H21NO7/c1-26-17-9-5-13(11-18(17)27-2)6-10-19(23)22-16-12-14(20(24)28-3)7-8-15(16)21(25)29-4/h5-12H,1-4H3,(H,22,23)/b10-6+. The second kappa shape index (κ2) is 9.93. The summed E-state index contributed by atoms with van der Waals surface area (Å²) in [6, 6.07) is 9.31. The number of hydrogen-bond acceptors (Lipinski definition) is 7. The first-order chi connectivity index (χ1) is 13.9. The Labute approximate surface area is 168 Å². The van der Waals surface area contributed by atoms with Crippen molar-refractivity contribution in [3.8, 4) is 11.5 Å². The van der Waals surface area contributed by atoms with E-state index in [0.717, 1.165) is 0 Å². The van der Waals surface area contributed by atoms with E-state index < -0.39 is 17.8 Å². The Hall–Kier alpha value is -3.81. The van der Waals surface area contributed by atoms with Crippen molar-refractivity contribution < 1.29 is 33.3 Å². The van der Waals surface area contributed by atoms with Gasteiger partial charge in [-0.3, -0.25) is 4.79 Å². The van der Waals surface area contributed by atoms with Gasteiger partial charge in [-0.25, -0.2) is 9.59 Å². The van der Waals surface area contributed by atoms with E-state index in [1.54, 1.807) is 24.3 Å². The molecular weight excluding hydrogens is 378 g/mol. The Morgan fingerprint density at radius 2 is 1.52 bits per heavy atom. The highest BCUT2D eigenvalue weighted by Gasteiger charge is 2.16. The van der Waals surface area contributed by atoms with Gasteiger partial charge in [0.2, 0.25) is 5.91 Å². The highest BCUT2D eigenvalue weighted by molar-refractivity contribution is 6.07. The van der Waals surface area contributed by atoms with Crippen molar-refractivity contribution in [3.05, 3.63) is 59.2 Å². The van der Waals surface area contributed by atoms with Crippen molar-refractivity contribution in [3.63, 3.8) is 0 Å². The highest BCUT2D eigenvalue weighted by Crippen LogP contribution is 2.28. The molecule has 2 aromatic carbocycles. The van der Waals surface area contributed by atoms with Crippen molar-refractivity contribution >= 4 is 29.6 Å². The number of carbonyl (C=O) groups excluding carboxylic acids is 3. The first kappa shape index (κ1) is 21.5. The van der Waals surface area contributed by atoms with Crippen LogP contribution < -0.4 is 14.8 Å². The molecule has 0 aliphatic rings. The van der Waals surface area contributed by atoms with E-state index in [2.05, 4.69) is 10.1 Å². The van der Waals surface area contributed by atoms with Gasteiger partial charge in [-0.1, -0.05) is 6.07 Å². The second-order valence-corrected chi connectivity index (χ2v) is 5.68. The Morgan fingerprint density at radius 3 is 2.14 bits per heavy atom. The zero-order valence-electron chi connectivity index (χ0n) is 16.5. The van der Waals surface area contributed by atoms with Gasteiger partial charge in [-0.05, 0) is 42.0 Å². The third-order valence-electron chi connectivity index (χ3n) is 3.94. The Balaban J connectivity index is 2.26. The lowest BCUT2D eigenvalue weighted by Crippen LogP contribution is -2.14. The van der Waals surface area contributed by atoms with E-state index in [1.165, 1.54) is 52.7 Å². The Kier molecular flexibility index (Phi) is 7.36. The fourth-order valence-corrected chi connectivity index (χ4v) is 2.48. The van der Waals surface area contributed by atoms with Gasteiger partial charge in [0.05, 0.1) is 45.3 Å². The molecule has 8 heteroatoms. The van der Waals surface area contributed by atoms with Crippen LogP contribution in [0.2, 0.25) is 0 Å². The minimum atomic E-state index is -0.652. The van der Waals surface area contributed by atoms with E-state index in [4.69, 9.17) is 14.2 Å². The highest BCUT2D eigenvalue weighted by atomic mass is 16.5. The summed E-state index contributed by atoms with van der Waals surface area (Å²) in [6.07, 6.45) is 2.85. The van der Waals surface area contributed by atoms with Gasteiger partial charge < -0.3 is 24.3 Å². The number of esters is 2. The van der Waals surface area contributed by atoms with Gasteiger partial charge in [0.25, 0.3) is 0 Å². The number of methoxy groups -OCH3 is 4. The van der Waals surface area contributed by atoms with Crippen LogP contribution in [0.3, 0.4) is 0 Å². The van der Waals surface area contributed by atoms with Crippen LogP contribution in [-0.4, -0.2) is 46.3 Å². The van der Waals surface area contributed by atoms with Crippen LogP contribution in [0, 0.1) is 0 Å². The molecule has 152 valence electrons. The third kappa shape index (κ3) is 5.35. The predicted octanol–water partition coefficient (Wildman–Crippen LogP) is 2.93. The Bertz CT molecular complexity index is 950. The quantitative estimate of drug-likeness (QED) is 0.564. The molecule has 0 aromatic heterocycles. The van der Waals surface area contributed by atoms with Gasteiger partial charge in [0, 0.05) is 6.08 Å². The fraction of sp³-hybridized carbons (Fsp3) is 0.190. The third-order valence-corrected chi connectivity index (χ3v) is 3.94. The van der Waals surface area contributed by atoms with Crippen LogP contribution in [0.4, 0.5) is 5.69 Å². The van der Waals surface area contributed by atoms with Crippen LogP contribution >= 0.6 is 0 Å². The molecule has 0 saturated heterocycles. The maximum absolute atomic E-state index is 12.4. The zero-order chi connectivity index (χ0) is 21.4. The summed E-state index contributed by atoms with van der Waals surface area (Å²) in [5, 5.41) is 2.58. The van der Waals surface area contributed by atoms with Crippen LogP contribution in [0.5, 0.6) is 11.5 Å². The van der Waals surface area contributed by atoms with Gasteiger partial charge in [-0.15, -0.1) is 0 Å². The van der Waals surface area contributed by atoms with Crippen LogP contribution in [-0.2, 0) is 14.3 Å². The maximum atomic E-state index is 12.4. The largest absolute Gasteiger partial charge is 0.493 e. The molecule has 0 saturated carbocycles. The van der Waals surface area contributed by atoms with Gasteiger partial charge in [0.1, 0.15) is 0 Å². The van der Waals surface area contributed by atoms with Gasteiger partial charge in [-0.2, -0.15) is 0 Å². The van der Waals surface area contributed by atoms with Crippen molar-refractivity contribution in [2.24, 2.45) is 0 Å². The zero-order valence-corrected chi connectivity index (χ0v) is 16.5. The van der Waals surface area contributed by atoms with Gasteiger partial charge in [0.15, 0.2) is 11.5 Å². The number of benzene rings is 2. The average molecular weight is 399 g/mol. The molecule has 8 nitrogen and oxygen atoms in total. The minimum absolute atomic E-state index is 0.105. The second-order valence-electron chi connectivity index (χ2n) is 5.68. The number of ether oxygens (including phenoxy) is 4. The summed E-state index contributed by atoms with van der Waals surface area (Å²) in [5.74, 6) is -0.671. The summed E-state index contributed by atoms with van der Waals surface area (Å²) in [5.41, 5.74) is 1.11. The predicted molar refractivity (Wildman–Crippen MR) is 106 cm³/mol. The van der Waals surface area contributed by atoms with E-state index >= 15 is 0 Å². The molecule has 29 heavy (non-hydrogen) atoms. The molecule has 0 aliphatic carbocycles. The summed E-state index contributed by atoms with van der Waals surface area (Å²) in [7, 11) is 5.50. The first-order valence-corrected chi connectivity index (χ1v) is 8.45. The van der Waals surface area contributed by atoms with Crippen LogP contribution in [0.15, 0.2) is 42.5 Å². The molecule has 0 bridgehead atoms. The summed E-state index contributed by atoms with van der Waals surface area (Å²) in [4.78, 5) is 36.0.